The predicted octanol–water partition coefficient (Wildman–Crippen LogP) is 7.14. The number of carboxylic acid groups (broad SMARTS) is 1. The van der Waals surface area contributed by atoms with Crippen LogP contribution >= 0.6 is 34.5 Å². The molecule has 0 saturated heterocycles. The molecular formula is C27H27Cl2N3O5S. The summed E-state index contributed by atoms with van der Waals surface area (Å²) in [6.07, 6.45) is 4.41. The largest absolute Gasteiger partial charge is 0.497 e. The molecule has 3 aromatic rings. The van der Waals surface area contributed by atoms with Crippen LogP contribution in [0.25, 0.3) is 10.4 Å². The fourth-order valence-electron chi connectivity index (χ4n) is 4.49. The molecule has 0 unspecified atom stereocenters. The third-order valence-electron chi connectivity index (χ3n) is 6.44. The van der Waals surface area contributed by atoms with Crippen LogP contribution in [0.5, 0.6) is 5.75 Å². The van der Waals surface area contributed by atoms with Crippen LogP contribution in [0.15, 0.2) is 48.5 Å². The van der Waals surface area contributed by atoms with Crippen LogP contribution in [-0.4, -0.2) is 36.2 Å². The van der Waals surface area contributed by atoms with E-state index in [0.717, 1.165) is 49.0 Å². The molecule has 8 nitrogen and oxygen atoms in total. The molecule has 0 aliphatic heterocycles. The Labute approximate surface area is 234 Å². The van der Waals surface area contributed by atoms with Crippen LogP contribution in [0.2, 0.25) is 10.0 Å². The SMILES string of the molecule is COc1ccc(-c2cc(NC(=O)Nc3c(Cl)cccc3Cl)c(C(=O)N[C@H](C(=O)O)C3CCCCC3)s2)cc1. The summed E-state index contributed by atoms with van der Waals surface area (Å²) in [7, 11) is 1.57. The molecule has 11 heteroatoms. The molecule has 3 amide bonds. The first-order chi connectivity index (χ1) is 18.3. The molecule has 1 saturated carbocycles. The summed E-state index contributed by atoms with van der Waals surface area (Å²) < 4.78 is 5.22. The van der Waals surface area contributed by atoms with Crippen molar-refractivity contribution in [3.8, 4) is 16.2 Å². The number of hydrogen-bond acceptors (Lipinski definition) is 5. The summed E-state index contributed by atoms with van der Waals surface area (Å²) in [5, 5.41) is 18.4. The number of urea groups is 1. The minimum absolute atomic E-state index is 0.145. The molecule has 0 spiro atoms. The summed E-state index contributed by atoms with van der Waals surface area (Å²) in [5.41, 5.74) is 1.26. The number of rotatable bonds is 8. The standard InChI is InChI=1S/C27H27Cl2N3O5S/c1-37-17-12-10-15(11-13-17)21-14-20(30-27(36)32-23-18(28)8-5-9-19(23)29)24(38-21)25(33)31-22(26(34)35)16-6-3-2-4-7-16/h5,8-14,16,22H,2-4,6-7H2,1H3,(H,31,33)(H,34,35)(H2,30,32,36)/t22-/m0/s1. The lowest BCUT2D eigenvalue weighted by molar-refractivity contribution is -0.141. The van der Waals surface area contributed by atoms with Crippen LogP contribution in [0, 0.1) is 5.92 Å². The molecule has 0 radical (unpaired) electrons. The highest BCUT2D eigenvalue weighted by Crippen LogP contribution is 2.37. The van der Waals surface area contributed by atoms with Gasteiger partial charge in [0.15, 0.2) is 0 Å². The fraction of sp³-hybridized carbons (Fsp3) is 0.296. The molecule has 1 aromatic heterocycles. The number of anilines is 2. The highest BCUT2D eigenvalue weighted by atomic mass is 35.5. The normalized spacial score (nSPS) is 14.4. The van der Waals surface area contributed by atoms with Crippen LogP contribution in [0.1, 0.15) is 41.8 Å². The zero-order valence-corrected chi connectivity index (χ0v) is 22.9. The van der Waals surface area contributed by atoms with E-state index >= 15 is 0 Å². The van der Waals surface area contributed by atoms with Crippen molar-refractivity contribution in [2.75, 3.05) is 17.7 Å². The Morgan fingerprint density at radius 3 is 2.26 bits per heavy atom. The Kier molecular flexibility index (Phi) is 9.14. The first kappa shape index (κ1) is 27.8. The molecule has 200 valence electrons. The van der Waals surface area contributed by atoms with Crippen molar-refractivity contribution in [1.82, 2.24) is 5.32 Å². The molecule has 1 aliphatic rings. The maximum absolute atomic E-state index is 13.4. The summed E-state index contributed by atoms with van der Waals surface area (Å²) in [6.45, 7) is 0. The molecule has 1 aliphatic carbocycles. The Balaban J connectivity index is 1.62. The van der Waals surface area contributed by atoms with Crippen LogP contribution < -0.4 is 20.7 Å². The minimum atomic E-state index is -1.07. The van der Waals surface area contributed by atoms with E-state index in [1.54, 1.807) is 43.5 Å². The number of nitrogens with one attached hydrogen (secondary N) is 3. The van der Waals surface area contributed by atoms with Gasteiger partial charge in [-0.25, -0.2) is 9.59 Å². The molecule has 38 heavy (non-hydrogen) atoms. The van der Waals surface area contributed by atoms with Crippen molar-refractivity contribution in [3.05, 3.63) is 63.5 Å². The first-order valence-electron chi connectivity index (χ1n) is 12.1. The Bertz CT molecular complexity index is 1300. The van der Waals surface area contributed by atoms with Crippen molar-refractivity contribution >= 4 is 63.8 Å². The van der Waals surface area contributed by atoms with E-state index < -0.39 is 23.9 Å². The summed E-state index contributed by atoms with van der Waals surface area (Å²) in [4.78, 5) is 39.2. The van der Waals surface area contributed by atoms with Crippen molar-refractivity contribution in [2.24, 2.45) is 5.92 Å². The number of carbonyl (C=O) groups excluding carboxylic acids is 2. The molecule has 1 atom stereocenters. The van der Waals surface area contributed by atoms with Gasteiger partial charge in [0, 0.05) is 4.88 Å². The van der Waals surface area contributed by atoms with E-state index in [-0.39, 0.29) is 32.2 Å². The number of carbonyl (C=O) groups is 3. The predicted molar refractivity (Wildman–Crippen MR) is 151 cm³/mol. The average Bonchev–Trinajstić information content (AvgIpc) is 3.33. The second-order valence-electron chi connectivity index (χ2n) is 8.95. The number of ether oxygens (including phenoxy) is 1. The van der Waals surface area contributed by atoms with Gasteiger partial charge in [0.05, 0.1) is 28.5 Å². The quantitative estimate of drug-likeness (QED) is 0.228. The van der Waals surface area contributed by atoms with Gasteiger partial charge < -0.3 is 25.8 Å². The number of carboxylic acids is 1. The number of amides is 3. The van der Waals surface area contributed by atoms with Gasteiger partial charge in [0.2, 0.25) is 0 Å². The second kappa shape index (κ2) is 12.5. The number of methoxy groups -OCH3 is 1. The lowest BCUT2D eigenvalue weighted by Crippen LogP contribution is -2.46. The number of thiophene rings is 1. The Hall–Kier alpha value is -3.27. The fourth-order valence-corrected chi connectivity index (χ4v) is 6.00. The number of hydrogen-bond donors (Lipinski definition) is 4. The lowest BCUT2D eigenvalue weighted by atomic mass is 9.84. The molecule has 2 aromatic carbocycles. The third kappa shape index (κ3) is 6.59. The van der Waals surface area contributed by atoms with Crippen LogP contribution in [0.3, 0.4) is 0 Å². The van der Waals surface area contributed by atoms with Gasteiger partial charge >= 0.3 is 12.0 Å². The molecule has 1 fully saturated rings. The monoisotopic (exact) mass is 575 g/mol. The number of benzene rings is 2. The van der Waals surface area contributed by atoms with Gasteiger partial charge in [-0.15, -0.1) is 11.3 Å². The summed E-state index contributed by atoms with van der Waals surface area (Å²) in [6, 6.07) is 12.1. The summed E-state index contributed by atoms with van der Waals surface area (Å²) in [5.74, 6) is -1.11. The van der Waals surface area contributed by atoms with Gasteiger partial charge in [-0.2, -0.15) is 0 Å². The van der Waals surface area contributed by atoms with Gasteiger partial charge in [0.25, 0.3) is 5.91 Å². The highest BCUT2D eigenvalue weighted by Gasteiger charge is 2.32. The van der Waals surface area contributed by atoms with E-state index in [9.17, 15) is 19.5 Å². The van der Waals surface area contributed by atoms with Crippen molar-refractivity contribution in [2.45, 2.75) is 38.1 Å². The van der Waals surface area contributed by atoms with E-state index in [1.165, 1.54) is 0 Å². The molecule has 1 heterocycles. The maximum Gasteiger partial charge on any atom is 0.326 e. The average molecular weight is 577 g/mol. The zero-order chi connectivity index (χ0) is 27.2. The first-order valence-corrected chi connectivity index (χ1v) is 13.7. The van der Waals surface area contributed by atoms with Crippen molar-refractivity contribution < 1.29 is 24.2 Å². The molecular weight excluding hydrogens is 549 g/mol. The smallest absolute Gasteiger partial charge is 0.326 e. The number of halogens is 2. The topological polar surface area (TPSA) is 117 Å². The number of aliphatic carboxylic acids is 1. The lowest BCUT2D eigenvalue weighted by Gasteiger charge is -2.28. The molecule has 4 N–H and O–H groups in total. The Morgan fingerprint density at radius 2 is 1.66 bits per heavy atom. The van der Waals surface area contributed by atoms with Gasteiger partial charge in [0.1, 0.15) is 16.7 Å². The Morgan fingerprint density at radius 1 is 1.00 bits per heavy atom. The van der Waals surface area contributed by atoms with E-state index in [4.69, 9.17) is 27.9 Å². The molecule has 0 bridgehead atoms. The highest BCUT2D eigenvalue weighted by molar-refractivity contribution is 7.18. The van der Waals surface area contributed by atoms with Crippen molar-refractivity contribution in [1.29, 1.82) is 0 Å². The maximum atomic E-state index is 13.4. The van der Waals surface area contributed by atoms with E-state index in [0.29, 0.717) is 10.6 Å². The third-order valence-corrected chi connectivity index (χ3v) is 8.25. The van der Waals surface area contributed by atoms with Gasteiger partial charge in [-0.3, -0.25) is 4.79 Å². The van der Waals surface area contributed by atoms with Gasteiger partial charge in [-0.1, -0.05) is 48.5 Å². The zero-order valence-electron chi connectivity index (χ0n) is 20.6. The molecule has 4 rings (SSSR count). The van der Waals surface area contributed by atoms with Crippen molar-refractivity contribution in [3.63, 3.8) is 0 Å². The van der Waals surface area contributed by atoms with Crippen LogP contribution in [0.4, 0.5) is 16.2 Å². The van der Waals surface area contributed by atoms with E-state index in [1.807, 2.05) is 12.1 Å². The van der Waals surface area contributed by atoms with Gasteiger partial charge in [-0.05, 0) is 66.8 Å². The second-order valence-corrected chi connectivity index (χ2v) is 10.8. The number of para-hydroxylation sites is 1. The minimum Gasteiger partial charge on any atom is -0.497 e. The summed E-state index contributed by atoms with van der Waals surface area (Å²) >= 11 is 13.5. The van der Waals surface area contributed by atoms with Crippen LogP contribution in [-0.2, 0) is 4.79 Å². The van der Waals surface area contributed by atoms with E-state index in [2.05, 4.69) is 16.0 Å².